The normalized spacial score (nSPS) is 12.0. The molecule has 7 heteroatoms. The summed E-state index contributed by atoms with van der Waals surface area (Å²) in [6, 6.07) is 13.3. The first-order chi connectivity index (χ1) is 12.8. The van der Waals surface area contributed by atoms with Crippen LogP contribution in [0.2, 0.25) is 0 Å². The van der Waals surface area contributed by atoms with Crippen LogP contribution in [0.25, 0.3) is 10.6 Å². The van der Waals surface area contributed by atoms with Crippen molar-refractivity contribution in [3.8, 4) is 22.1 Å². The number of rotatable bonds is 5. The van der Waals surface area contributed by atoms with Crippen molar-refractivity contribution in [3.63, 3.8) is 0 Å². The number of hydrogen-bond donors (Lipinski definition) is 2. The summed E-state index contributed by atoms with van der Waals surface area (Å²) in [6.45, 7) is 1.06. The van der Waals surface area contributed by atoms with Gasteiger partial charge in [0.25, 0.3) is 0 Å². The smallest absolute Gasteiger partial charge is 0.315 e. The molecule has 4 rings (SSSR count). The van der Waals surface area contributed by atoms with Crippen LogP contribution >= 0.6 is 11.3 Å². The molecule has 0 unspecified atom stereocenters. The van der Waals surface area contributed by atoms with E-state index in [0.717, 1.165) is 27.4 Å². The Morgan fingerprint density at radius 1 is 1.08 bits per heavy atom. The Morgan fingerprint density at radius 2 is 1.96 bits per heavy atom. The maximum Gasteiger partial charge on any atom is 0.315 e. The molecule has 0 saturated heterocycles. The van der Waals surface area contributed by atoms with E-state index in [1.54, 1.807) is 17.5 Å². The van der Waals surface area contributed by atoms with E-state index in [1.165, 1.54) is 0 Å². The summed E-state index contributed by atoms with van der Waals surface area (Å²) in [5.74, 6) is 1.44. The van der Waals surface area contributed by atoms with Crippen LogP contribution < -0.4 is 20.1 Å². The van der Waals surface area contributed by atoms with E-state index in [4.69, 9.17) is 9.47 Å². The van der Waals surface area contributed by atoms with Gasteiger partial charge in [0.2, 0.25) is 6.79 Å². The number of pyridine rings is 1. The highest BCUT2D eigenvalue weighted by molar-refractivity contribution is 7.13. The Morgan fingerprint density at radius 3 is 2.85 bits per heavy atom. The third-order valence-electron chi connectivity index (χ3n) is 3.98. The first-order valence-corrected chi connectivity index (χ1v) is 9.05. The summed E-state index contributed by atoms with van der Waals surface area (Å²) in [5.41, 5.74) is 2.83. The molecule has 2 aromatic heterocycles. The maximum absolute atomic E-state index is 12.1. The van der Waals surface area contributed by atoms with E-state index < -0.39 is 0 Å². The van der Waals surface area contributed by atoms with Crippen molar-refractivity contribution in [2.75, 3.05) is 6.79 Å². The van der Waals surface area contributed by atoms with Crippen LogP contribution in [0.15, 0.2) is 54.0 Å². The molecule has 0 radical (unpaired) electrons. The summed E-state index contributed by atoms with van der Waals surface area (Å²) in [6.07, 6.45) is 1.76. The van der Waals surface area contributed by atoms with E-state index in [9.17, 15) is 4.79 Å². The Kier molecular flexibility index (Phi) is 4.70. The Labute approximate surface area is 154 Å². The van der Waals surface area contributed by atoms with Gasteiger partial charge >= 0.3 is 6.03 Å². The van der Waals surface area contributed by atoms with Crippen molar-refractivity contribution in [1.29, 1.82) is 0 Å². The molecule has 132 valence electrons. The number of hydrogen-bond acceptors (Lipinski definition) is 5. The standard InChI is InChI=1S/C19H17N3O3S/c23-19(21-10-13-5-6-15-16(9-13)25-12-24-15)22-11-14-3-1-7-20-18(14)17-4-2-8-26-17/h1-9H,10-12H2,(H2,21,22,23). The minimum atomic E-state index is -0.233. The van der Waals surface area contributed by atoms with Crippen LogP contribution in [0.3, 0.4) is 0 Å². The van der Waals surface area contributed by atoms with Gasteiger partial charge < -0.3 is 20.1 Å². The molecule has 1 aliphatic heterocycles. The van der Waals surface area contributed by atoms with Crippen molar-refractivity contribution in [1.82, 2.24) is 15.6 Å². The first kappa shape index (κ1) is 16.4. The van der Waals surface area contributed by atoms with Gasteiger partial charge in [0, 0.05) is 19.3 Å². The number of amides is 2. The van der Waals surface area contributed by atoms with Gasteiger partial charge in [-0.05, 0) is 40.8 Å². The second kappa shape index (κ2) is 7.45. The Bertz CT molecular complexity index is 912. The summed E-state index contributed by atoms with van der Waals surface area (Å²) < 4.78 is 10.6. The lowest BCUT2D eigenvalue weighted by molar-refractivity contribution is 0.174. The fraction of sp³-hybridized carbons (Fsp3) is 0.158. The third kappa shape index (κ3) is 3.62. The van der Waals surface area contributed by atoms with E-state index in [2.05, 4.69) is 15.6 Å². The van der Waals surface area contributed by atoms with Crippen LogP contribution in [0, 0.1) is 0 Å². The van der Waals surface area contributed by atoms with Gasteiger partial charge in [-0.3, -0.25) is 4.98 Å². The summed E-state index contributed by atoms with van der Waals surface area (Å²) in [4.78, 5) is 17.7. The highest BCUT2D eigenvalue weighted by Gasteiger charge is 2.13. The van der Waals surface area contributed by atoms with Crippen LogP contribution in [-0.2, 0) is 13.1 Å². The average molecular weight is 367 g/mol. The van der Waals surface area contributed by atoms with E-state index in [0.29, 0.717) is 18.8 Å². The van der Waals surface area contributed by atoms with Gasteiger partial charge in [-0.2, -0.15) is 0 Å². The minimum absolute atomic E-state index is 0.233. The third-order valence-corrected chi connectivity index (χ3v) is 4.85. The number of benzene rings is 1. The predicted molar refractivity (Wildman–Crippen MR) is 99.2 cm³/mol. The number of thiophene rings is 1. The quantitative estimate of drug-likeness (QED) is 0.723. The lowest BCUT2D eigenvalue weighted by Crippen LogP contribution is -2.34. The van der Waals surface area contributed by atoms with Crippen LogP contribution in [0.5, 0.6) is 11.5 Å². The fourth-order valence-corrected chi connectivity index (χ4v) is 3.44. The molecule has 3 heterocycles. The zero-order valence-electron chi connectivity index (χ0n) is 13.9. The number of carbonyl (C=O) groups is 1. The molecule has 0 atom stereocenters. The molecular formula is C19H17N3O3S. The van der Waals surface area contributed by atoms with Crippen molar-refractivity contribution >= 4 is 17.4 Å². The molecule has 1 aliphatic rings. The van der Waals surface area contributed by atoms with Crippen LogP contribution in [0.1, 0.15) is 11.1 Å². The fourth-order valence-electron chi connectivity index (χ4n) is 2.69. The highest BCUT2D eigenvalue weighted by atomic mass is 32.1. The summed E-state index contributed by atoms with van der Waals surface area (Å²) in [5, 5.41) is 7.75. The Hall–Kier alpha value is -3.06. The maximum atomic E-state index is 12.1. The van der Waals surface area contributed by atoms with Crippen LogP contribution in [-0.4, -0.2) is 17.8 Å². The minimum Gasteiger partial charge on any atom is -0.454 e. The highest BCUT2D eigenvalue weighted by Crippen LogP contribution is 2.32. The lowest BCUT2D eigenvalue weighted by Gasteiger charge is -2.10. The van der Waals surface area contributed by atoms with Gasteiger partial charge in [-0.25, -0.2) is 4.79 Å². The largest absolute Gasteiger partial charge is 0.454 e. The van der Waals surface area contributed by atoms with Crippen molar-refractivity contribution < 1.29 is 14.3 Å². The number of urea groups is 1. The first-order valence-electron chi connectivity index (χ1n) is 8.17. The number of nitrogens with zero attached hydrogens (tertiary/aromatic N) is 1. The van der Waals surface area contributed by atoms with Gasteiger partial charge in [0.15, 0.2) is 11.5 Å². The van der Waals surface area contributed by atoms with E-state index in [-0.39, 0.29) is 12.8 Å². The molecular weight excluding hydrogens is 350 g/mol. The molecule has 0 aliphatic carbocycles. The zero-order chi connectivity index (χ0) is 17.8. The topological polar surface area (TPSA) is 72.5 Å². The van der Waals surface area contributed by atoms with Crippen molar-refractivity contribution in [2.45, 2.75) is 13.1 Å². The summed E-state index contributed by atoms with van der Waals surface area (Å²) in [7, 11) is 0. The van der Waals surface area contributed by atoms with Crippen molar-refractivity contribution in [3.05, 3.63) is 65.2 Å². The number of fused-ring (bicyclic) bond motifs is 1. The molecule has 26 heavy (non-hydrogen) atoms. The second-order valence-corrected chi connectivity index (χ2v) is 6.66. The average Bonchev–Trinajstić information content (AvgIpc) is 3.36. The number of aromatic nitrogens is 1. The number of nitrogens with one attached hydrogen (secondary N) is 2. The SMILES string of the molecule is O=C(NCc1ccc2c(c1)OCO2)NCc1cccnc1-c1cccs1. The van der Waals surface area contributed by atoms with Gasteiger partial charge in [0.05, 0.1) is 10.6 Å². The molecule has 0 bridgehead atoms. The molecule has 0 fully saturated rings. The predicted octanol–water partition coefficient (Wildman–Crippen LogP) is 3.54. The molecule has 2 amide bonds. The van der Waals surface area contributed by atoms with E-state index in [1.807, 2.05) is 47.8 Å². The second-order valence-electron chi connectivity index (χ2n) is 5.71. The van der Waals surface area contributed by atoms with E-state index >= 15 is 0 Å². The molecule has 0 spiro atoms. The number of carbonyl (C=O) groups excluding carboxylic acids is 1. The molecule has 2 N–H and O–H groups in total. The number of ether oxygens (including phenoxy) is 2. The van der Waals surface area contributed by atoms with Crippen LogP contribution in [0.4, 0.5) is 4.79 Å². The summed E-state index contributed by atoms with van der Waals surface area (Å²) >= 11 is 1.63. The van der Waals surface area contributed by atoms with Crippen molar-refractivity contribution in [2.24, 2.45) is 0 Å². The molecule has 1 aromatic carbocycles. The molecule has 0 saturated carbocycles. The van der Waals surface area contributed by atoms with Gasteiger partial charge in [0.1, 0.15) is 0 Å². The zero-order valence-corrected chi connectivity index (χ0v) is 14.7. The molecule has 6 nitrogen and oxygen atoms in total. The van der Waals surface area contributed by atoms with Gasteiger partial charge in [-0.1, -0.05) is 18.2 Å². The Balaban J connectivity index is 1.33. The molecule has 3 aromatic rings. The lowest BCUT2D eigenvalue weighted by atomic mass is 10.1. The van der Waals surface area contributed by atoms with Gasteiger partial charge in [-0.15, -0.1) is 11.3 Å². The monoisotopic (exact) mass is 367 g/mol.